The number of hydrogen-bond acceptors (Lipinski definition) is 5. The lowest BCUT2D eigenvalue weighted by molar-refractivity contribution is 0.00738. The van der Waals surface area contributed by atoms with Crippen LogP contribution in [0.25, 0.3) is 5.65 Å². The molecule has 2 bridgehead atoms. The lowest BCUT2D eigenvalue weighted by Gasteiger charge is -2.43. The van der Waals surface area contributed by atoms with E-state index in [0.717, 1.165) is 18.4 Å². The first-order valence-electron chi connectivity index (χ1n) is 7.30. The lowest BCUT2D eigenvalue weighted by atomic mass is 9.81. The Morgan fingerprint density at radius 3 is 2.81 bits per heavy atom. The normalized spacial score (nSPS) is 32.0. The molecule has 0 aromatic carbocycles. The third-order valence-corrected chi connectivity index (χ3v) is 6.16. The molecule has 2 aliphatic heterocycles. The maximum Gasteiger partial charge on any atom is 0.172 e. The Morgan fingerprint density at radius 1 is 1.33 bits per heavy atom. The van der Waals surface area contributed by atoms with Crippen LogP contribution in [0.2, 0.25) is 0 Å². The van der Waals surface area contributed by atoms with Crippen molar-refractivity contribution in [2.24, 2.45) is 0 Å². The Labute approximate surface area is 127 Å². The van der Waals surface area contributed by atoms with E-state index in [1.807, 2.05) is 18.0 Å². The minimum Gasteiger partial charge on any atom is -0.385 e. The largest absolute Gasteiger partial charge is 0.385 e. The van der Waals surface area contributed by atoms with Gasteiger partial charge in [0.1, 0.15) is 11.6 Å². The molecule has 2 saturated heterocycles. The van der Waals surface area contributed by atoms with Crippen molar-refractivity contribution < 1.29 is 5.11 Å². The number of aliphatic hydroxyl groups is 1. The number of fused-ring (bicyclic) bond motifs is 3. The number of nitriles is 1. The van der Waals surface area contributed by atoms with Crippen LogP contribution in [0.5, 0.6) is 0 Å². The van der Waals surface area contributed by atoms with E-state index >= 15 is 0 Å². The van der Waals surface area contributed by atoms with Crippen LogP contribution in [0.4, 0.5) is 0 Å². The molecule has 4 rings (SSSR count). The summed E-state index contributed by atoms with van der Waals surface area (Å²) in [7, 11) is 0. The third-order valence-electron chi connectivity index (χ3n) is 4.58. The molecular formula is C15H16N4OS. The Hall–Kier alpha value is -1.58. The second-order valence-corrected chi connectivity index (χ2v) is 7.64. The van der Waals surface area contributed by atoms with Gasteiger partial charge in [0, 0.05) is 28.5 Å². The molecule has 1 N–H and O–H groups in total. The summed E-state index contributed by atoms with van der Waals surface area (Å²) in [5, 5.41) is 25.4. The van der Waals surface area contributed by atoms with Gasteiger partial charge >= 0.3 is 0 Å². The molecule has 0 spiro atoms. The molecule has 0 radical (unpaired) electrons. The van der Waals surface area contributed by atoms with Gasteiger partial charge in [-0.2, -0.15) is 22.1 Å². The molecule has 21 heavy (non-hydrogen) atoms. The van der Waals surface area contributed by atoms with Crippen LogP contribution < -0.4 is 0 Å². The maximum atomic E-state index is 11.1. The standard InChI is InChI=1S/C15H16N4OS/c16-6-10-7-18-19-9-11(8-17-14(10)19)15(20)4-12-2-1-3-13(5-15)21-12/h7-9,12-13,20H,1-5H2. The van der Waals surface area contributed by atoms with Crippen molar-refractivity contribution in [2.45, 2.75) is 48.2 Å². The number of rotatable bonds is 1. The van der Waals surface area contributed by atoms with Gasteiger partial charge in [-0.15, -0.1) is 0 Å². The van der Waals surface area contributed by atoms with E-state index in [1.165, 1.54) is 25.5 Å². The summed E-state index contributed by atoms with van der Waals surface area (Å²) in [6, 6.07) is 2.08. The zero-order chi connectivity index (χ0) is 14.4. The summed E-state index contributed by atoms with van der Waals surface area (Å²) in [6.07, 6.45) is 10.3. The molecule has 0 aliphatic carbocycles. The van der Waals surface area contributed by atoms with Crippen molar-refractivity contribution in [3.8, 4) is 6.07 Å². The second-order valence-electron chi connectivity index (χ2n) is 6.03. The van der Waals surface area contributed by atoms with Gasteiger partial charge in [0.2, 0.25) is 0 Å². The first-order chi connectivity index (χ1) is 10.2. The zero-order valence-electron chi connectivity index (χ0n) is 11.6. The third kappa shape index (κ3) is 2.12. The molecule has 2 aromatic rings. The van der Waals surface area contributed by atoms with Gasteiger partial charge in [-0.25, -0.2) is 9.50 Å². The fourth-order valence-electron chi connectivity index (χ4n) is 3.55. The smallest absolute Gasteiger partial charge is 0.172 e. The molecule has 2 unspecified atom stereocenters. The van der Waals surface area contributed by atoms with Crippen LogP contribution in [0, 0.1) is 11.3 Å². The first kappa shape index (κ1) is 13.1. The number of hydrogen-bond donors (Lipinski definition) is 1. The predicted octanol–water partition coefficient (Wildman–Crippen LogP) is 2.24. The highest BCUT2D eigenvalue weighted by molar-refractivity contribution is 8.00. The Balaban J connectivity index is 1.73. The number of aromatic nitrogens is 3. The molecule has 5 nitrogen and oxygen atoms in total. The van der Waals surface area contributed by atoms with E-state index in [1.54, 1.807) is 10.7 Å². The Kier molecular flexibility index (Phi) is 2.95. The summed E-state index contributed by atoms with van der Waals surface area (Å²) in [4.78, 5) is 4.34. The van der Waals surface area contributed by atoms with E-state index in [0.29, 0.717) is 21.7 Å². The van der Waals surface area contributed by atoms with Gasteiger partial charge in [-0.3, -0.25) is 0 Å². The van der Waals surface area contributed by atoms with E-state index < -0.39 is 5.60 Å². The first-order valence-corrected chi connectivity index (χ1v) is 8.24. The Bertz CT molecular complexity index is 723. The highest BCUT2D eigenvalue weighted by Gasteiger charge is 2.43. The van der Waals surface area contributed by atoms with E-state index in [-0.39, 0.29) is 0 Å². The molecule has 6 heteroatoms. The van der Waals surface area contributed by atoms with Gasteiger partial charge in [-0.1, -0.05) is 6.42 Å². The SMILES string of the molecule is N#Cc1cnn2cc(C3(O)CC4CCCC(C3)S4)cnc12. The summed E-state index contributed by atoms with van der Waals surface area (Å²) >= 11 is 2.04. The van der Waals surface area contributed by atoms with Gasteiger partial charge in [0.25, 0.3) is 0 Å². The van der Waals surface area contributed by atoms with Crippen molar-refractivity contribution in [3.63, 3.8) is 0 Å². The van der Waals surface area contributed by atoms with E-state index in [4.69, 9.17) is 5.26 Å². The van der Waals surface area contributed by atoms with Gasteiger partial charge < -0.3 is 5.11 Å². The summed E-state index contributed by atoms with van der Waals surface area (Å²) in [5.74, 6) is 0. The fraction of sp³-hybridized carbons (Fsp3) is 0.533. The Morgan fingerprint density at radius 2 is 2.10 bits per heavy atom. The quantitative estimate of drug-likeness (QED) is 0.874. The van der Waals surface area contributed by atoms with Crippen molar-refractivity contribution in [3.05, 3.63) is 29.7 Å². The molecule has 108 valence electrons. The topological polar surface area (TPSA) is 74.2 Å². The van der Waals surface area contributed by atoms with Crippen LogP contribution in [0.1, 0.15) is 43.2 Å². The molecule has 2 aromatic heterocycles. The van der Waals surface area contributed by atoms with Crippen molar-refractivity contribution in [1.29, 1.82) is 5.26 Å². The number of nitrogens with zero attached hydrogens (tertiary/aromatic N) is 4. The van der Waals surface area contributed by atoms with Crippen molar-refractivity contribution in [1.82, 2.24) is 14.6 Å². The minimum absolute atomic E-state index is 0.463. The number of thioether (sulfide) groups is 1. The van der Waals surface area contributed by atoms with Crippen LogP contribution >= 0.6 is 11.8 Å². The summed E-state index contributed by atoms with van der Waals surface area (Å²) < 4.78 is 1.60. The zero-order valence-corrected chi connectivity index (χ0v) is 12.4. The van der Waals surface area contributed by atoms with Gasteiger partial charge in [0.05, 0.1) is 11.8 Å². The van der Waals surface area contributed by atoms with Gasteiger partial charge in [0.15, 0.2) is 5.65 Å². The predicted molar refractivity (Wildman–Crippen MR) is 79.9 cm³/mol. The summed E-state index contributed by atoms with van der Waals surface area (Å²) in [5.41, 5.74) is 1.03. The summed E-state index contributed by atoms with van der Waals surface area (Å²) in [6.45, 7) is 0. The molecule has 4 heterocycles. The van der Waals surface area contributed by atoms with E-state index in [2.05, 4.69) is 16.2 Å². The molecule has 2 aliphatic rings. The van der Waals surface area contributed by atoms with Gasteiger partial charge in [-0.05, 0) is 25.7 Å². The molecule has 0 saturated carbocycles. The van der Waals surface area contributed by atoms with E-state index in [9.17, 15) is 5.11 Å². The average molecular weight is 300 g/mol. The van der Waals surface area contributed by atoms with Crippen molar-refractivity contribution in [2.75, 3.05) is 0 Å². The lowest BCUT2D eigenvalue weighted by Crippen LogP contribution is -2.40. The minimum atomic E-state index is -0.805. The monoisotopic (exact) mass is 300 g/mol. The molecule has 2 fully saturated rings. The van der Waals surface area contributed by atoms with Crippen LogP contribution in [0.3, 0.4) is 0 Å². The van der Waals surface area contributed by atoms with Crippen LogP contribution in [-0.2, 0) is 5.60 Å². The second kappa shape index (κ2) is 4.72. The highest BCUT2D eigenvalue weighted by Crippen LogP contribution is 2.49. The molecule has 2 atom stereocenters. The molecular weight excluding hydrogens is 284 g/mol. The average Bonchev–Trinajstić information content (AvgIpc) is 2.89. The maximum absolute atomic E-state index is 11.1. The van der Waals surface area contributed by atoms with Crippen LogP contribution in [-0.4, -0.2) is 30.2 Å². The molecule has 0 amide bonds. The van der Waals surface area contributed by atoms with Crippen molar-refractivity contribution >= 4 is 17.4 Å². The fourth-order valence-corrected chi connectivity index (χ4v) is 5.44. The highest BCUT2D eigenvalue weighted by atomic mass is 32.2. The van der Waals surface area contributed by atoms with Crippen LogP contribution in [0.15, 0.2) is 18.6 Å².